The Morgan fingerprint density at radius 3 is 2.65 bits per heavy atom. The lowest BCUT2D eigenvalue weighted by Gasteiger charge is -2.16. The van der Waals surface area contributed by atoms with E-state index >= 15 is 0 Å². The maximum absolute atomic E-state index is 11.5. The molecule has 0 aliphatic carbocycles. The number of carbonyl (C=O) groups excluding carboxylic acids is 1. The first-order chi connectivity index (χ1) is 9.50. The minimum Gasteiger partial charge on any atom is -0.481 e. The van der Waals surface area contributed by atoms with Gasteiger partial charge < -0.3 is 15.7 Å². The summed E-state index contributed by atoms with van der Waals surface area (Å²) >= 11 is 0. The summed E-state index contributed by atoms with van der Waals surface area (Å²) in [6.07, 6.45) is 4.33. The van der Waals surface area contributed by atoms with Crippen LogP contribution in [0.4, 0.5) is 4.79 Å². The van der Waals surface area contributed by atoms with Gasteiger partial charge in [0.1, 0.15) is 0 Å². The molecule has 7 heteroatoms. The van der Waals surface area contributed by atoms with E-state index in [1.807, 2.05) is 26.1 Å². The minimum atomic E-state index is -0.890. The van der Waals surface area contributed by atoms with Crippen LogP contribution in [0.3, 0.4) is 0 Å². The normalized spacial score (nSPS) is 12.2. The zero-order valence-corrected chi connectivity index (χ0v) is 11.9. The highest BCUT2D eigenvalue weighted by Crippen LogP contribution is 2.09. The maximum Gasteiger partial charge on any atom is 0.314 e. The number of urea groups is 1. The molecule has 0 aromatic carbocycles. The number of carboxylic acid groups (broad SMARTS) is 1. The highest BCUT2D eigenvalue weighted by Gasteiger charge is 2.21. The van der Waals surface area contributed by atoms with Crippen LogP contribution in [0.1, 0.15) is 20.3 Å². The third-order valence-electron chi connectivity index (χ3n) is 3.01. The van der Waals surface area contributed by atoms with Crippen molar-refractivity contribution < 1.29 is 14.7 Å². The minimum absolute atomic E-state index is 0.0207. The van der Waals surface area contributed by atoms with Crippen LogP contribution in [0.2, 0.25) is 0 Å². The molecule has 1 atom stereocenters. The van der Waals surface area contributed by atoms with Gasteiger partial charge in [-0.05, 0) is 18.4 Å². The van der Waals surface area contributed by atoms with Crippen LogP contribution in [0.5, 0.6) is 0 Å². The lowest BCUT2D eigenvalue weighted by molar-refractivity contribution is -0.142. The van der Waals surface area contributed by atoms with Gasteiger partial charge in [-0.3, -0.25) is 9.48 Å². The number of amides is 2. The van der Waals surface area contributed by atoms with Gasteiger partial charge in [0.25, 0.3) is 0 Å². The van der Waals surface area contributed by atoms with Crippen molar-refractivity contribution in [3.8, 4) is 0 Å². The lowest BCUT2D eigenvalue weighted by atomic mass is 9.96. The largest absolute Gasteiger partial charge is 0.481 e. The van der Waals surface area contributed by atoms with Crippen LogP contribution < -0.4 is 10.6 Å². The molecule has 0 saturated heterocycles. The molecule has 0 aliphatic heterocycles. The fourth-order valence-corrected chi connectivity index (χ4v) is 1.75. The van der Waals surface area contributed by atoms with Gasteiger partial charge >= 0.3 is 12.0 Å². The Kier molecular flexibility index (Phi) is 6.55. The Bertz CT molecular complexity index is 417. The Morgan fingerprint density at radius 1 is 1.35 bits per heavy atom. The van der Waals surface area contributed by atoms with Crippen molar-refractivity contribution in [3.05, 3.63) is 18.5 Å². The molecular formula is C13H22N4O3. The zero-order chi connectivity index (χ0) is 15.0. The molecular weight excluding hydrogens is 260 g/mol. The maximum atomic E-state index is 11.5. The number of aryl methyl sites for hydroxylation is 1. The number of rotatable bonds is 8. The summed E-state index contributed by atoms with van der Waals surface area (Å²) in [6.45, 7) is 5.03. The first-order valence-corrected chi connectivity index (χ1v) is 6.72. The van der Waals surface area contributed by atoms with Gasteiger partial charge in [-0.1, -0.05) is 13.8 Å². The summed E-state index contributed by atoms with van der Waals surface area (Å²) < 4.78 is 1.79. The monoisotopic (exact) mass is 282 g/mol. The lowest BCUT2D eigenvalue weighted by Crippen LogP contribution is -2.41. The third kappa shape index (κ3) is 5.73. The predicted octanol–water partition coefficient (Wildman–Crippen LogP) is 0.929. The Morgan fingerprint density at radius 2 is 2.10 bits per heavy atom. The van der Waals surface area contributed by atoms with Gasteiger partial charge in [-0.25, -0.2) is 4.79 Å². The zero-order valence-electron chi connectivity index (χ0n) is 11.9. The van der Waals surface area contributed by atoms with Crippen LogP contribution >= 0.6 is 0 Å². The predicted molar refractivity (Wildman–Crippen MR) is 74.2 cm³/mol. The van der Waals surface area contributed by atoms with E-state index in [2.05, 4.69) is 15.7 Å². The molecule has 20 heavy (non-hydrogen) atoms. The Labute approximate surface area is 118 Å². The molecule has 0 radical (unpaired) electrons. The van der Waals surface area contributed by atoms with Crippen LogP contribution in [-0.2, 0) is 11.3 Å². The molecule has 1 heterocycles. The molecule has 112 valence electrons. The van der Waals surface area contributed by atoms with Crippen LogP contribution in [0.25, 0.3) is 0 Å². The second kappa shape index (κ2) is 8.19. The molecule has 0 saturated carbocycles. The molecule has 1 unspecified atom stereocenters. The molecule has 1 rings (SSSR count). The molecule has 0 fully saturated rings. The Hall–Kier alpha value is -2.05. The molecule has 0 bridgehead atoms. The van der Waals surface area contributed by atoms with E-state index in [1.54, 1.807) is 10.9 Å². The van der Waals surface area contributed by atoms with Gasteiger partial charge in [-0.15, -0.1) is 0 Å². The number of aliphatic carboxylic acids is 1. The molecule has 1 aromatic rings. The van der Waals surface area contributed by atoms with E-state index < -0.39 is 11.9 Å². The number of aromatic nitrogens is 2. The van der Waals surface area contributed by atoms with Crippen LogP contribution in [0.15, 0.2) is 18.5 Å². The first kappa shape index (κ1) is 16.0. The fourth-order valence-electron chi connectivity index (χ4n) is 1.75. The van der Waals surface area contributed by atoms with Crippen molar-refractivity contribution in [1.29, 1.82) is 0 Å². The highest BCUT2D eigenvalue weighted by molar-refractivity contribution is 5.75. The smallest absolute Gasteiger partial charge is 0.314 e. The van der Waals surface area contributed by atoms with E-state index in [0.717, 1.165) is 13.0 Å². The van der Waals surface area contributed by atoms with Gasteiger partial charge in [0.15, 0.2) is 0 Å². The van der Waals surface area contributed by atoms with Crippen molar-refractivity contribution in [2.75, 3.05) is 13.1 Å². The summed E-state index contributed by atoms with van der Waals surface area (Å²) in [7, 11) is 0. The van der Waals surface area contributed by atoms with Crippen LogP contribution in [0, 0.1) is 11.8 Å². The summed E-state index contributed by atoms with van der Waals surface area (Å²) in [5.74, 6) is -1.48. The fraction of sp³-hybridized carbons (Fsp3) is 0.615. The van der Waals surface area contributed by atoms with Gasteiger partial charge in [0.05, 0.1) is 5.92 Å². The van der Waals surface area contributed by atoms with E-state index in [0.29, 0.717) is 6.54 Å². The topological polar surface area (TPSA) is 96.3 Å². The second-order valence-electron chi connectivity index (χ2n) is 4.95. The molecule has 0 spiro atoms. The van der Waals surface area contributed by atoms with Crippen molar-refractivity contribution in [2.45, 2.75) is 26.8 Å². The van der Waals surface area contributed by atoms with Gasteiger partial charge in [-0.2, -0.15) is 5.10 Å². The second-order valence-corrected chi connectivity index (χ2v) is 4.95. The van der Waals surface area contributed by atoms with Crippen molar-refractivity contribution in [2.24, 2.45) is 11.8 Å². The average molecular weight is 282 g/mol. The van der Waals surface area contributed by atoms with Crippen molar-refractivity contribution >= 4 is 12.0 Å². The van der Waals surface area contributed by atoms with Gasteiger partial charge in [0, 0.05) is 32.0 Å². The third-order valence-corrected chi connectivity index (χ3v) is 3.01. The summed E-state index contributed by atoms with van der Waals surface area (Å²) in [4.78, 5) is 22.5. The number of carbonyl (C=O) groups is 2. The van der Waals surface area contributed by atoms with Gasteiger partial charge in [0.2, 0.25) is 0 Å². The number of hydrogen-bond acceptors (Lipinski definition) is 3. The quantitative estimate of drug-likeness (QED) is 0.618. The van der Waals surface area contributed by atoms with Crippen molar-refractivity contribution in [3.63, 3.8) is 0 Å². The SMILES string of the molecule is CC(C)C(CNC(=O)NCCCn1cccn1)C(=O)O. The molecule has 7 nitrogen and oxygen atoms in total. The van der Waals surface area contributed by atoms with E-state index in [4.69, 9.17) is 5.11 Å². The highest BCUT2D eigenvalue weighted by atomic mass is 16.4. The van der Waals surface area contributed by atoms with E-state index in [9.17, 15) is 9.59 Å². The summed E-state index contributed by atoms with van der Waals surface area (Å²) in [5, 5.41) is 18.3. The Balaban J connectivity index is 2.15. The number of hydrogen-bond donors (Lipinski definition) is 3. The van der Waals surface area contributed by atoms with E-state index in [-0.39, 0.29) is 18.5 Å². The molecule has 0 aliphatic rings. The summed E-state index contributed by atoms with van der Waals surface area (Å²) in [6, 6.07) is 1.51. The molecule has 2 amide bonds. The number of nitrogens with zero attached hydrogens (tertiary/aromatic N) is 2. The molecule has 3 N–H and O–H groups in total. The average Bonchev–Trinajstić information content (AvgIpc) is 2.87. The summed E-state index contributed by atoms with van der Waals surface area (Å²) in [5.41, 5.74) is 0. The van der Waals surface area contributed by atoms with Crippen LogP contribution in [-0.4, -0.2) is 40.0 Å². The number of carboxylic acids is 1. The molecule has 1 aromatic heterocycles. The first-order valence-electron chi connectivity index (χ1n) is 6.72. The van der Waals surface area contributed by atoms with E-state index in [1.165, 1.54) is 0 Å². The van der Waals surface area contributed by atoms with Crippen molar-refractivity contribution in [1.82, 2.24) is 20.4 Å². The standard InChI is InChI=1S/C13H22N4O3/c1-10(2)11(12(18)19)9-15-13(20)14-5-3-7-17-8-4-6-16-17/h4,6,8,10-11H,3,5,7,9H2,1-2H3,(H,18,19)(H2,14,15,20). The number of nitrogens with one attached hydrogen (secondary N) is 2.